The van der Waals surface area contributed by atoms with Crippen molar-refractivity contribution in [2.45, 2.75) is 45.1 Å². The largest absolute Gasteiger partial charge is 0.314 e. The Balaban J connectivity index is 2.03. The fourth-order valence-corrected chi connectivity index (χ4v) is 3.27. The molecule has 0 heterocycles. The maximum absolute atomic E-state index is 6.08. The summed E-state index contributed by atoms with van der Waals surface area (Å²) >= 11 is 12.0. The monoisotopic (exact) mass is 285 g/mol. The molecule has 0 bridgehead atoms. The first-order chi connectivity index (χ1) is 8.70. The van der Waals surface area contributed by atoms with Crippen LogP contribution in [0.5, 0.6) is 0 Å². The normalized spacial score (nSPS) is 24.2. The van der Waals surface area contributed by atoms with Crippen LogP contribution < -0.4 is 5.32 Å². The predicted molar refractivity (Wildman–Crippen MR) is 79.6 cm³/mol. The minimum atomic E-state index is 0.646. The van der Waals surface area contributed by atoms with Crippen LogP contribution >= 0.6 is 23.2 Å². The van der Waals surface area contributed by atoms with Gasteiger partial charge in [0.1, 0.15) is 0 Å². The second-order valence-electron chi connectivity index (χ2n) is 5.16. The zero-order valence-corrected chi connectivity index (χ0v) is 12.4. The van der Waals surface area contributed by atoms with E-state index in [0.29, 0.717) is 16.1 Å². The van der Waals surface area contributed by atoms with Gasteiger partial charge in [0.15, 0.2) is 0 Å². The van der Waals surface area contributed by atoms with Crippen molar-refractivity contribution in [3.05, 3.63) is 33.8 Å². The Labute approximate surface area is 120 Å². The third-order valence-electron chi connectivity index (χ3n) is 3.86. The Morgan fingerprint density at radius 2 is 1.94 bits per heavy atom. The van der Waals surface area contributed by atoms with Crippen LogP contribution in [-0.4, -0.2) is 12.6 Å². The van der Waals surface area contributed by atoms with Gasteiger partial charge in [-0.3, -0.25) is 0 Å². The molecule has 0 aromatic heterocycles. The maximum atomic E-state index is 6.08. The van der Waals surface area contributed by atoms with Gasteiger partial charge in [0.05, 0.1) is 10.0 Å². The average molecular weight is 286 g/mol. The zero-order valence-electron chi connectivity index (χ0n) is 10.9. The van der Waals surface area contributed by atoms with Crippen molar-refractivity contribution in [2.75, 3.05) is 6.54 Å². The Hall–Kier alpha value is -0.240. The second-order valence-corrected chi connectivity index (χ2v) is 5.98. The van der Waals surface area contributed by atoms with Gasteiger partial charge < -0.3 is 5.32 Å². The molecule has 1 aromatic carbocycles. The van der Waals surface area contributed by atoms with Gasteiger partial charge in [-0.15, -0.1) is 0 Å². The van der Waals surface area contributed by atoms with Crippen LogP contribution in [0.2, 0.25) is 10.0 Å². The third kappa shape index (κ3) is 3.63. The van der Waals surface area contributed by atoms with Crippen molar-refractivity contribution in [1.29, 1.82) is 0 Å². The highest BCUT2D eigenvalue weighted by molar-refractivity contribution is 6.42. The lowest BCUT2D eigenvalue weighted by Crippen LogP contribution is -2.39. The van der Waals surface area contributed by atoms with Crippen LogP contribution in [0.3, 0.4) is 0 Å². The minimum absolute atomic E-state index is 0.646. The van der Waals surface area contributed by atoms with E-state index in [-0.39, 0.29) is 0 Å². The molecule has 1 aromatic rings. The molecule has 2 atom stereocenters. The predicted octanol–water partition coefficient (Wildman–Crippen LogP) is 4.70. The summed E-state index contributed by atoms with van der Waals surface area (Å²) in [6, 6.07) is 6.69. The number of benzene rings is 1. The Morgan fingerprint density at radius 1 is 1.17 bits per heavy atom. The molecule has 0 saturated heterocycles. The molecule has 1 N–H and O–H groups in total. The van der Waals surface area contributed by atoms with Gasteiger partial charge >= 0.3 is 0 Å². The Kier molecular flexibility index (Phi) is 5.35. The van der Waals surface area contributed by atoms with Gasteiger partial charge in [0, 0.05) is 6.04 Å². The van der Waals surface area contributed by atoms with Crippen molar-refractivity contribution < 1.29 is 0 Å². The lowest BCUT2D eigenvalue weighted by Gasteiger charge is -2.32. The topological polar surface area (TPSA) is 12.0 Å². The van der Waals surface area contributed by atoms with E-state index in [0.717, 1.165) is 18.9 Å². The molecule has 1 nitrogen and oxygen atoms in total. The summed E-state index contributed by atoms with van der Waals surface area (Å²) in [6.07, 6.45) is 6.44. The first-order valence-electron chi connectivity index (χ1n) is 6.88. The van der Waals surface area contributed by atoms with Gasteiger partial charge in [-0.25, -0.2) is 0 Å². The van der Waals surface area contributed by atoms with E-state index in [9.17, 15) is 0 Å². The molecule has 0 radical (unpaired) electrons. The number of hydrogen-bond donors (Lipinski definition) is 1. The minimum Gasteiger partial charge on any atom is -0.314 e. The lowest BCUT2D eigenvalue weighted by molar-refractivity contribution is 0.264. The van der Waals surface area contributed by atoms with Gasteiger partial charge in [-0.2, -0.15) is 0 Å². The van der Waals surface area contributed by atoms with Gasteiger partial charge in [0.2, 0.25) is 0 Å². The van der Waals surface area contributed by atoms with Gasteiger partial charge in [-0.1, -0.05) is 49.0 Å². The number of rotatable bonds is 4. The van der Waals surface area contributed by atoms with Crippen LogP contribution in [-0.2, 0) is 6.42 Å². The molecule has 3 heteroatoms. The summed E-state index contributed by atoms with van der Waals surface area (Å²) in [6.45, 7) is 3.24. The van der Waals surface area contributed by atoms with Crippen molar-refractivity contribution in [3.63, 3.8) is 0 Å². The van der Waals surface area contributed by atoms with E-state index in [1.165, 1.54) is 31.2 Å². The maximum Gasteiger partial charge on any atom is 0.0595 e. The first-order valence-corrected chi connectivity index (χ1v) is 7.63. The highest BCUT2D eigenvalue weighted by Gasteiger charge is 2.24. The first kappa shape index (κ1) is 14.2. The fourth-order valence-electron chi connectivity index (χ4n) is 2.95. The summed E-state index contributed by atoms with van der Waals surface area (Å²) in [7, 11) is 0. The molecule has 2 unspecified atom stereocenters. The van der Waals surface area contributed by atoms with E-state index >= 15 is 0 Å². The summed E-state index contributed by atoms with van der Waals surface area (Å²) in [5, 5.41) is 4.94. The van der Waals surface area contributed by atoms with E-state index in [4.69, 9.17) is 23.2 Å². The summed E-state index contributed by atoms with van der Waals surface area (Å²) in [5.41, 5.74) is 1.30. The molecule has 1 aliphatic carbocycles. The van der Waals surface area contributed by atoms with Gasteiger partial charge in [0.25, 0.3) is 0 Å². The van der Waals surface area contributed by atoms with Crippen LogP contribution in [0.15, 0.2) is 18.2 Å². The average Bonchev–Trinajstić information content (AvgIpc) is 2.37. The van der Waals surface area contributed by atoms with Crippen molar-refractivity contribution >= 4 is 23.2 Å². The number of halogens is 2. The highest BCUT2D eigenvalue weighted by atomic mass is 35.5. The molecule has 0 spiro atoms. The smallest absolute Gasteiger partial charge is 0.0595 e. The molecule has 0 amide bonds. The van der Waals surface area contributed by atoms with Crippen LogP contribution in [0.4, 0.5) is 0 Å². The van der Waals surface area contributed by atoms with Crippen molar-refractivity contribution in [1.82, 2.24) is 5.32 Å². The second kappa shape index (κ2) is 6.79. The zero-order chi connectivity index (χ0) is 13.0. The number of hydrogen-bond acceptors (Lipinski definition) is 1. The van der Waals surface area contributed by atoms with Gasteiger partial charge in [-0.05, 0) is 49.4 Å². The summed E-state index contributed by atoms with van der Waals surface area (Å²) in [5.74, 6) is 0.732. The van der Waals surface area contributed by atoms with Crippen LogP contribution in [0.1, 0.15) is 38.2 Å². The SMILES string of the molecule is CCNC1CCCCC1Cc1ccc(Cl)c(Cl)c1. The standard InChI is InChI=1S/C15H21Cl2N/c1-2-18-15-6-4-3-5-12(15)9-11-7-8-13(16)14(17)10-11/h7-8,10,12,15,18H,2-6,9H2,1H3. The van der Waals surface area contributed by atoms with E-state index in [1.54, 1.807) is 0 Å². The van der Waals surface area contributed by atoms with E-state index < -0.39 is 0 Å². The van der Waals surface area contributed by atoms with E-state index in [1.807, 2.05) is 12.1 Å². The summed E-state index contributed by atoms with van der Waals surface area (Å²) < 4.78 is 0. The fraction of sp³-hybridized carbons (Fsp3) is 0.600. The molecule has 1 aliphatic rings. The van der Waals surface area contributed by atoms with Crippen molar-refractivity contribution in [2.24, 2.45) is 5.92 Å². The van der Waals surface area contributed by atoms with E-state index in [2.05, 4.69) is 18.3 Å². The molecule has 0 aliphatic heterocycles. The van der Waals surface area contributed by atoms with Crippen LogP contribution in [0.25, 0.3) is 0 Å². The molecule has 18 heavy (non-hydrogen) atoms. The molecule has 1 saturated carbocycles. The quantitative estimate of drug-likeness (QED) is 0.845. The van der Waals surface area contributed by atoms with Crippen LogP contribution in [0, 0.1) is 5.92 Å². The lowest BCUT2D eigenvalue weighted by atomic mass is 9.80. The molecular weight excluding hydrogens is 265 g/mol. The molecule has 100 valence electrons. The Morgan fingerprint density at radius 3 is 2.67 bits per heavy atom. The third-order valence-corrected chi connectivity index (χ3v) is 4.60. The highest BCUT2D eigenvalue weighted by Crippen LogP contribution is 2.30. The molecular formula is C15H21Cl2N. The number of nitrogens with one attached hydrogen (secondary N) is 1. The molecule has 1 fully saturated rings. The van der Waals surface area contributed by atoms with Crippen molar-refractivity contribution in [3.8, 4) is 0 Å². The summed E-state index contributed by atoms with van der Waals surface area (Å²) in [4.78, 5) is 0. The Bertz CT molecular complexity index is 390. The molecule has 2 rings (SSSR count).